The number of hydrogen-bond acceptors (Lipinski definition) is 2. The molecule has 0 aliphatic carbocycles. The fourth-order valence-electron chi connectivity index (χ4n) is 1.99. The first kappa shape index (κ1) is 16.8. The van der Waals surface area contributed by atoms with Crippen molar-refractivity contribution >= 4 is 0 Å². The number of nitrogens with zero attached hydrogens (tertiary/aromatic N) is 1. The number of alkyl halides is 3. The van der Waals surface area contributed by atoms with Crippen molar-refractivity contribution in [3.8, 4) is 5.75 Å². The first-order chi connectivity index (χ1) is 8.93. The summed E-state index contributed by atoms with van der Waals surface area (Å²) in [6.45, 7) is 8.72. The van der Waals surface area contributed by atoms with E-state index in [0.717, 1.165) is 12.1 Å². The second kappa shape index (κ2) is 5.64. The van der Waals surface area contributed by atoms with E-state index < -0.39 is 17.5 Å². The Hall–Kier alpha value is -1.23. The lowest BCUT2D eigenvalue weighted by molar-refractivity contribution is -0.138. The molecule has 1 aromatic rings. The molecule has 0 aliphatic heterocycles. The standard InChI is InChI=1S/C15H22F3NO/c1-10(14(2,3)4)19(5)9-11-6-7-13(20)12(8-11)15(16,17)18/h6-8,10,20H,9H2,1-5H3. The zero-order chi connectivity index (χ0) is 15.7. The number of benzene rings is 1. The molecular formula is C15H22F3NO. The summed E-state index contributed by atoms with van der Waals surface area (Å²) in [5, 5.41) is 9.31. The first-order valence-corrected chi connectivity index (χ1v) is 6.52. The molecule has 2 nitrogen and oxygen atoms in total. The van der Waals surface area contributed by atoms with Gasteiger partial charge in [-0.1, -0.05) is 26.8 Å². The summed E-state index contributed by atoms with van der Waals surface area (Å²) >= 11 is 0. The molecule has 5 heteroatoms. The Labute approximate surface area is 118 Å². The number of phenolic OH excluding ortho intramolecular Hbond substituents is 1. The van der Waals surface area contributed by atoms with Gasteiger partial charge >= 0.3 is 6.18 Å². The lowest BCUT2D eigenvalue weighted by Gasteiger charge is -2.35. The van der Waals surface area contributed by atoms with E-state index in [9.17, 15) is 18.3 Å². The third-order valence-electron chi connectivity index (χ3n) is 3.71. The summed E-state index contributed by atoms with van der Waals surface area (Å²) in [4.78, 5) is 2.01. The summed E-state index contributed by atoms with van der Waals surface area (Å²) in [7, 11) is 1.88. The van der Waals surface area contributed by atoms with Crippen molar-refractivity contribution in [2.24, 2.45) is 5.41 Å². The fourth-order valence-corrected chi connectivity index (χ4v) is 1.99. The molecule has 0 saturated carbocycles. The maximum atomic E-state index is 12.7. The predicted octanol–water partition coefficient (Wildman–Crippen LogP) is 4.28. The van der Waals surface area contributed by atoms with Gasteiger partial charge in [0, 0.05) is 12.6 Å². The zero-order valence-electron chi connectivity index (χ0n) is 12.5. The zero-order valence-corrected chi connectivity index (χ0v) is 12.5. The van der Waals surface area contributed by atoms with Gasteiger partial charge in [0.15, 0.2) is 0 Å². The molecule has 0 saturated heterocycles. The highest BCUT2D eigenvalue weighted by atomic mass is 19.4. The van der Waals surface area contributed by atoms with Crippen LogP contribution in [0.1, 0.15) is 38.8 Å². The Morgan fingerprint density at radius 3 is 2.20 bits per heavy atom. The molecule has 0 bridgehead atoms. The highest BCUT2D eigenvalue weighted by Crippen LogP contribution is 2.36. The van der Waals surface area contributed by atoms with E-state index in [-0.39, 0.29) is 11.5 Å². The van der Waals surface area contributed by atoms with Crippen molar-refractivity contribution in [3.63, 3.8) is 0 Å². The van der Waals surface area contributed by atoms with Crippen molar-refractivity contribution in [1.29, 1.82) is 0 Å². The summed E-state index contributed by atoms with van der Waals surface area (Å²) in [5.74, 6) is -0.729. The van der Waals surface area contributed by atoms with Gasteiger partial charge < -0.3 is 5.11 Å². The molecule has 1 atom stereocenters. The molecule has 1 N–H and O–H groups in total. The van der Waals surface area contributed by atoms with Gasteiger partial charge in [-0.2, -0.15) is 13.2 Å². The minimum absolute atomic E-state index is 0.0402. The minimum Gasteiger partial charge on any atom is -0.507 e. The van der Waals surface area contributed by atoms with Gasteiger partial charge in [0.05, 0.1) is 5.56 Å². The lowest BCUT2D eigenvalue weighted by atomic mass is 9.87. The summed E-state index contributed by atoms with van der Waals surface area (Å²) in [6.07, 6.45) is -4.53. The minimum atomic E-state index is -4.53. The molecule has 0 spiro atoms. The van der Waals surface area contributed by atoms with Crippen LogP contribution in [0.3, 0.4) is 0 Å². The fraction of sp³-hybridized carbons (Fsp3) is 0.600. The Bertz CT molecular complexity index is 463. The smallest absolute Gasteiger partial charge is 0.419 e. The van der Waals surface area contributed by atoms with E-state index in [1.54, 1.807) is 0 Å². The molecule has 0 amide bonds. The van der Waals surface area contributed by atoms with Gasteiger partial charge in [0.25, 0.3) is 0 Å². The molecule has 20 heavy (non-hydrogen) atoms. The molecular weight excluding hydrogens is 267 g/mol. The molecule has 1 rings (SSSR count). The molecule has 0 fully saturated rings. The van der Waals surface area contributed by atoms with Crippen molar-refractivity contribution in [1.82, 2.24) is 4.90 Å². The summed E-state index contributed by atoms with van der Waals surface area (Å²) in [5.41, 5.74) is -0.404. The second-order valence-electron chi connectivity index (χ2n) is 6.31. The van der Waals surface area contributed by atoms with Gasteiger partial charge in [-0.3, -0.25) is 4.90 Å². The maximum Gasteiger partial charge on any atom is 0.419 e. The quantitative estimate of drug-likeness (QED) is 0.898. The third-order valence-corrected chi connectivity index (χ3v) is 3.71. The van der Waals surface area contributed by atoms with E-state index >= 15 is 0 Å². The predicted molar refractivity (Wildman–Crippen MR) is 73.5 cm³/mol. The van der Waals surface area contributed by atoms with Crippen LogP contribution in [0.5, 0.6) is 5.75 Å². The normalized spacial score (nSPS) is 14.7. The van der Waals surface area contributed by atoms with E-state index in [2.05, 4.69) is 20.8 Å². The van der Waals surface area contributed by atoms with Crippen molar-refractivity contribution in [2.45, 2.75) is 46.5 Å². The van der Waals surface area contributed by atoms with Gasteiger partial charge in [0.1, 0.15) is 5.75 Å². The molecule has 0 aromatic heterocycles. The van der Waals surface area contributed by atoms with Crippen LogP contribution in [0.25, 0.3) is 0 Å². The highest BCUT2D eigenvalue weighted by molar-refractivity contribution is 5.38. The maximum absolute atomic E-state index is 12.7. The van der Waals surface area contributed by atoms with Crippen LogP contribution >= 0.6 is 0 Å². The average molecular weight is 289 g/mol. The van der Waals surface area contributed by atoms with Gasteiger partial charge in [-0.15, -0.1) is 0 Å². The molecule has 1 aromatic carbocycles. The van der Waals surface area contributed by atoms with E-state index in [0.29, 0.717) is 12.1 Å². The van der Waals surface area contributed by atoms with Crippen molar-refractivity contribution < 1.29 is 18.3 Å². The van der Waals surface area contributed by atoms with Crippen LogP contribution in [0, 0.1) is 5.41 Å². The first-order valence-electron chi connectivity index (χ1n) is 6.52. The number of hydrogen-bond donors (Lipinski definition) is 1. The number of phenols is 1. The van der Waals surface area contributed by atoms with E-state index in [1.807, 2.05) is 18.9 Å². The van der Waals surface area contributed by atoms with Crippen LogP contribution in [-0.2, 0) is 12.7 Å². The van der Waals surface area contributed by atoms with E-state index in [4.69, 9.17) is 0 Å². The lowest BCUT2D eigenvalue weighted by Crippen LogP contribution is -2.38. The van der Waals surface area contributed by atoms with Crippen LogP contribution in [0.2, 0.25) is 0 Å². The monoisotopic (exact) mass is 289 g/mol. The average Bonchev–Trinajstić information content (AvgIpc) is 2.27. The molecule has 1 unspecified atom stereocenters. The number of aromatic hydroxyl groups is 1. The molecule has 0 heterocycles. The number of rotatable bonds is 3. The highest BCUT2D eigenvalue weighted by Gasteiger charge is 2.34. The SMILES string of the molecule is CC(N(C)Cc1ccc(O)c(C(F)(F)F)c1)C(C)(C)C. The Balaban J connectivity index is 2.95. The Morgan fingerprint density at radius 2 is 1.75 bits per heavy atom. The van der Waals surface area contributed by atoms with Gasteiger partial charge in [-0.25, -0.2) is 0 Å². The molecule has 0 radical (unpaired) electrons. The van der Waals surface area contributed by atoms with Gasteiger partial charge in [0.2, 0.25) is 0 Å². The Kier molecular flexibility index (Phi) is 4.74. The van der Waals surface area contributed by atoms with Crippen LogP contribution in [0.15, 0.2) is 18.2 Å². The largest absolute Gasteiger partial charge is 0.507 e. The van der Waals surface area contributed by atoms with Crippen LogP contribution in [0.4, 0.5) is 13.2 Å². The third kappa shape index (κ3) is 4.13. The van der Waals surface area contributed by atoms with Crippen molar-refractivity contribution in [2.75, 3.05) is 7.05 Å². The van der Waals surface area contributed by atoms with Crippen LogP contribution < -0.4 is 0 Å². The number of halogens is 3. The summed E-state index contributed by atoms with van der Waals surface area (Å²) < 4.78 is 38.2. The topological polar surface area (TPSA) is 23.5 Å². The summed E-state index contributed by atoms with van der Waals surface area (Å²) in [6, 6.07) is 3.86. The Morgan fingerprint density at radius 1 is 1.20 bits per heavy atom. The van der Waals surface area contributed by atoms with E-state index in [1.165, 1.54) is 6.07 Å². The molecule has 114 valence electrons. The molecule has 0 aliphatic rings. The van der Waals surface area contributed by atoms with Crippen LogP contribution in [-0.4, -0.2) is 23.1 Å². The second-order valence-corrected chi connectivity index (χ2v) is 6.31. The van der Waals surface area contributed by atoms with Gasteiger partial charge in [-0.05, 0) is 37.1 Å². The van der Waals surface area contributed by atoms with Crippen molar-refractivity contribution in [3.05, 3.63) is 29.3 Å².